The summed E-state index contributed by atoms with van der Waals surface area (Å²) in [5.74, 6) is 0.961. The van der Waals surface area contributed by atoms with Crippen LogP contribution in [0.1, 0.15) is 37.2 Å². The molecule has 3 rings (SSSR count). The quantitative estimate of drug-likeness (QED) is 0.522. The molecule has 1 aromatic rings. The van der Waals surface area contributed by atoms with E-state index in [0.717, 1.165) is 6.42 Å². The van der Waals surface area contributed by atoms with Crippen molar-refractivity contribution in [1.29, 1.82) is 0 Å². The van der Waals surface area contributed by atoms with Crippen LogP contribution < -0.4 is 0 Å². The molecule has 2 nitrogen and oxygen atoms in total. The van der Waals surface area contributed by atoms with Crippen LogP contribution in [0.3, 0.4) is 0 Å². The Labute approximate surface area is 96.2 Å². The molecule has 2 aliphatic rings. The number of hydroxylamine groups is 1. The highest BCUT2D eigenvalue weighted by atomic mass is 16.5. The summed E-state index contributed by atoms with van der Waals surface area (Å²) in [6.07, 6.45) is 4.71. The van der Waals surface area contributed by atoms with Gasteiger partial charge in [0.1, 0.15) is 0 Å². The van der Waals surface area contributed by atoms with Crippen molar-refractivity contribution in [2.45, 2.75) is 31.6 Å². The summed E-state index contributed by atoms with van der Waals surface area (Å²) in [5, 5.41) is 11.9. The number of fused-ring (bicyclic) bond motifs is 1. The van der Waals surface area contributed by atoms with Gasteiger partial charge in [0.15, 0.2) is 12.3 Å². The molecule has 0 amide bonds. The zero-order valence-electron chi connectivity index (χ0n) is 9.43. The lowest BCUT2D eigenvalue weighted by Gasteiger charge is -2.21. The molecule has 0 bridgehead atoms. The summed E-state index contributed by atoms with van der Waals surface area (Å²) >= 11 is 0. The van der Waals surface area contributed by atoms with Crippen LogP contribution in [0, 0.1) is 11.1 Å². The van der Waals surface area contributed by atoms with E-state index in [0.29, 0.717) is 18.4 Å². The van der Waals surface area contributed by atoms with Gasteiger partial charge in [0.2, 0.25) is 0 Å². The van der Waals surface area contributed by atoms with E-state index < -0.39 is 0 Å². The highest BCUT2D eigenvalue weighted by molar-refractivity contribution is 5.85. The minimum atomic E-state index is 0.439. The minimum absolute atomic E-state index is 0.439. The molecular weight excluding hydrogens is 198 g/mol. The van der Waals surface area contributed by atoms with E-state index in [2.05, 4.69) is 24.3 Å². The first-order valence-electron chi connectivity index (χ1n) is 6.21. The van der Waals surface area contributed by atoms with Gasteiger partial charge in [-0.1, -0.05) is 36.8 Å². The van der Waals surface area contributed by atoms with Gasteiger partial charge in [-0.2, -0.15) is 0 Å². The average Bonchev–Trinajstić information content (AvgIpc) is 2.69. The summed E-state index contributed by atoms with van der Waals surface area (Å²) in [4.78, 5) is 0. The Balaban J connectivity index is 1.90. The molecule has 1 fully saturated rings. The second-order valence-corrected chi connectivity index (χ2v) is 4.92. The van der Waals surface area contributed by atoms with Crippen molar-refractivity contribution < 1.29 is 4.74 Å². The average molecular weight is 215 g/mol. The van der Waals surface area contributed by atoms with Crippen LogP contribution in [0.25, 0.3) is 0 Å². The van der Waals surface area contributed by atoms with Crippen LogP contribution in [-0.2, 0) is 0 Å². The van der Waals surface area contributed by atoms with Gasteiger partial charge < -0.3 is 5.21 Å². The molecule has 16 heavy (non-hydrogen) atoms. The zero-order valence-corrected chi connectivity index (χ0v) is 9.43. The summed E-state index contributed by atoms with van der Waals surface area (Å²) in [6, 6.07) is 10.5. The molecule has 1 saturated carbocycles. The molecular formula is C14H17NO. The molecule has 2 heteroatoms. The Kier molecular flexibility index (Phi) is 2.43. The molecule has 2 atom stereocenters. The van der Waals surface area contributed by atoms with E-state index in [1.165, 1.54) is 35.3 Å². The number of nitrogens with zero attached hydrogens (tertiary/aromatic N) is 1. The third-order valence-corrected chi connectivity index (χ3v) is 4.02. The minimum Gasteiger partial charge on any atom is -0.624 e. The standard InChI is InChI=1S/C14H17NO/c16-15-10-13(11-6-2-1-3-7-11)12-8-4-5-9-14(12)15/h1-3,6-7,12-13H,4-5,8-10H2/t12-,13-/m0/s1. The fraction of sp³-hybridized carbons (Fsp3) is 0.500. The van der Waals surface area contributed by atoms with Gasteiger partial charge in [-0.15, -0.1) is 0 Å². The molecule has 84 valence electrons. The number of hydrogen-bond donors (Lipinski definition) is 0. The topological polar surface area (TPSA) is 26.1 Å². The zero-order chi connectivity index (χ0) is 11.0. The molecule has 1 heterocycles. The molecule has 0 spiro atoms. The molecule has 1 aliphatic heterocycles. The molecule has 1 aromatic carbocycles. The Bertz CT molecular complexity index is 410. The monoisotopic (exact) mass is 215 g/mol. The first-order chi connectivity index (χ1) is 7.86. The van der Waals surface area contributed by atoms with Gasteiger partial charge in [0.05, 0.1) is 11.8 Å². The van der Waals surface area contributed by atoms with Crippen LogP contribution in [0.4, 0.5) is 0 Å². The maximum atomic E-state index is 11.9. The van der Waals surface area contributed by atoms with Gasteiger partial charge in [-0.05, 0) is 18.4 Å². The number of rotatable bonds is 1. The SMILES string of the molecule is [O-][N+]1=C2CCCC[C@H]2[C@H](c2ccccc2)C1. The molecule has 0 saturated heterocycles. The first-order valence-corrected chi connectivity index (χ1v) is 6.21. The van der Waals surface area contributed by atoms with Crippen LogP contribution in [0.5, 0.6) is 0 Å². The first kappa shape index (κ1) is 9.88. The molecule has 0 radical (unpaired) electrons. The lowest BCUT2D eigenvalue weighted by Crippen LogP contribution is -2.22. The van der Waals surface area contributed by atoms with Gasteiger partial charge in [0.25, 0.3) is 0 Å². The smallest absolute Gasteiger partial charge is 0.167 e. The molecule has 0 aromatic heterocycles. The fourth-order valence-corrected chi connectivity index (χ4v) is 3.23. The van der Waals surface area contributed by atoms with E-state index in [4.69, 9.17) is 0 Å². The van der Waals surface area contributed by atoms with Crippen molar-refractivity contribution >= 4 is 5.71 Å². The largest absolute Gasteiger partial charge is 0.624 e. The van der Waals surface area contributed by atoms with E-state index >= 15 is 0 Å². The summed E-state index contributed by atoms with van der Waals surface area (Å²) < 4.78 is 1.27. The predicted molar refractivity (Wildman–Crippen MR) is 64.6 cm³/mol. The van der Waals surface area contributed by atoms with E-state index in [9.17, 15) is 5.21 Å². The maximum Gasteiger partial charge on any atom is 0.167 e. The van der Waals surface area contributed by atoms with Gasteiger partial charge >= 0.3 is 0 Å². The second-order valence-electron chi connectivity index (χ2n) is 4.92. The van der Waals surface area contributed by atoms with E-state index in [1.54, 1.807) is 0 Å². The maximum absolute atomic E-state index is 11.9. The molecule has 1 aliphatic carbocycles. The molecule has 0 N–H and O–H groups in total. The van der Waals surface area contributed by atoms with Gasteiger partial charge in [-0.25, -0.2) is 4.74 Å². The summed E-state index contributed by atoms with van der Waals surface area (Å²) in [7, 11) is 0. The lowest BCUT2D eigenvalue weighted by atomic mass is 9.78. The Morgan fingerprint density at radius 2 is 1.88 bits per heavy atom. The summed E-state index contributed by atoms with van der Waals surface area (Å²) in [6.45, 7) is 0.671. The van der Waals surface area contributed by atoms with Crippen LogP contribution in [-0.4, -0.2) is 17.0 Å². The van der Waals surface area contributed by atoms with Crippen molar-refractivity contribution in [2.24, 2.45) is 5.92 Å². The Hall–Kier alpha value is -1.31. The van der Waals surface area contributed by atoms with E-state index in [1.807, 2.05) is 6.07 Å². The Morgan fingerprint density at radius 1 is 1.06 bits per heavy atom. The predicted octanol–water partition coefficient (Wildman–Crippen LogP) is 2.93. The third-order valence-electron chi connectivity index (χ3n) is 4.02. The number of benzene rings is 1. The van der Waals surface area contributed by atoms with Crippen LogP contribution in [0.2, 0.25) is 0 Å². The lowest BCUT2D eigenvalue weighted by molar-refractivity contribution is -0.452. The van der Waals surface area contributed by atoms with Crippen molar-refractivity contribution in [2.75, 3.05) is 6.54 Å². The van der Waals surface area contributed by atoms with Crippen molar-refractivity contribution in [3.63, 3.8) is 0 Å². The third kappa shape index (κ3) is 1.53. The normalized spacial score (nSPS) is 29.2. The van der Waals surface area contributed by atoms with Crippen LogP contribution >= 0.6 is 0 Å². The highest BCUT2D eigenvalue weighted by Crippen LogP contribution is 2.38. The van der Waals surface area contributed by atoms with Crippen molar-refractivity contribution in [3.8, 4) is 0 Å². The van der Waals surface area contributed by atoms with Crippen molar-refractivity contribution in [3.05, 3.63) is 41.1 Å². The fourth-order valence-electron chi connectivity index (χ4n) is 3.23. The van der Waals surface area contributed by atoms with Crippen molar-refractivity contribution in [1.82, 2.24) is 0 Å². The number of hydrogen-bond acceptors (Lipinski definition) is 1. The van der Waals surface area contributed by atoms with Gasteiger partial charge in [-0.3, -0.25) is 0 Å². The molecule has 0 unspecified atom stereocenters. The highest BCUT2D eigenvalue weighted by Gasteiger charge is 2.41. The van der Waals surface area contributed by atoms with E-state index in [-0.39, 0.29) is 0 Å². The second kappa shape index (κ2) is 3.93. The van der Waals surface area contributed by atoms with Gasteiger partial charge in [0, 0.05) is 6.42 Å². The Morgan fingerprint density at radius 3 is 2.69 bits per heavy atom. The summed E-state index contributed by atoms with van der Waals surface area (Å²) in [5.41, 5.74) is 2.50. The van der Waals surface area contributed by atoms with Crippen LogP contribution in [0.15, 0.2) is 30.3 Å².